The van der Waals surface area contributed by atoms with Crippen molar-refractivity contribution in [1.29, 1.82) is 0 Å². The van der Waals surface area contributed by atoms with E-state index < -0.39 is 5.97 Å². The van der Waals surface area contributed by atoms with Crippen molar-refractivity contribution >= 4 is 5.97 Å². The zero-order valence-electron chi connectivity index (χ0n) is 13.4. The summed E-state index contributed by atoms with van der Waals surface area (Å²) in [6.07, 6.45) is 5.85. The molecule has 2 N–H and O–H groups in total. The molecule has 1 aliphatic heterocycles. The molecule has 4 unspecified atom stereocenters. The highest BCUT2D eigenvalue weighted by molar-refractivity contribution is 5.72. The summed E-state index contributed by atoms with van der Waals surface area (Å²) >= 11 is 0. The second-order valence-electron chi connectivity index (χ2n) is 7.86. The number of rotatable bonds is 5. The molecule has 120 valence electrons. The fourth-order valence-corrected chi connectivity index (χ4v) is 4.96. The molecule has 0 aromatic heterocycles. The number of nitrogens with zero attached hydrogens (tertiary/aromatic N) is 1. The van der Waals surface area contributed by atoms with Gasteiger partial charge in [0.2, 0.25) is 0 Å². The van der Waals surface area contributed by atoms with Crippen LogP contribution < -0.4 is 5.32 Å². The Bertz CT molecular complexity index is 377. The van der Waals surface area contributed by atoms with Crippen molar-refractivity contribution in [3.05, 3.63) is 0 Å². The molecular weight excluding hydrogens is 264 g/mol. The quantitative estimate of drug-likeness (QED) is 0.816. The average Bonchev–Trinajstić information content (AvgIpc) is 3.01. The fourth-order valence-electron chi connectivity index (χ4n) is 4.96. The van der Waals surface area contributed by atoms with E-state index in [9.17, 15) is 9.90 Å². The molecular formula is C17H30N2O2. The van der Waals surface area contributed by atoms with E-state index in [1.807, 2.05) is 0 Å². The Hall–Kier alpha value is -0.610. The van der Waals surface area contributed by atoms with Gasteiger partial charge in [-0.1, -0.05) is 13.8 Å². The topological polar surface area (TPSA) is 52.6 Å². The van der Waals surface area contributed by atoms with Crippen molar-refractivity contribution in [1.82, 2.24) is 10.2 Å². The van der Waals surface area contributed by atoms with Gasteiger partial charge >= 0.3 is 5.97 Å². The number of aliphatic carboxylic acids is 1. The van der Waals surface area contributed by atoms with Gasteiger partial charge in [-0.25, -0.2) is 0 Å². The van der Waals surface area contributed by atoms with E-state index in [4.69, 9.17) is 0 Å². The van der Waals surface area contributed by atoms with Gasteiger partial charge in [0.25, 0.3) is 0 Å². The smallest absolute Gasteiger partial charge is 0.308 e. The molecule has 0 amide bonds. The first-order valence-electron chi connectivity index (χ1n) is 8.75. The van der Waals surface area contributed by atoms with Crippen LogP contribution in [0.15, 0.2) is 0 Å². The minimum Gasteiger partial charge on any atom is -0.481 e. The summed E-state index contributed by atoms with van der Waals surface area (Å²) in [5.74, 6) is 1.08. The van der Waals surface area contributed by atoms with Crippen molar-refractivity contribution in [3.8, 4) is 0 Å². The molecule has 1 saturated heterocycles. The molecule has 2 aliphatic carbocycles. The Morgan fingerprint density at radius 3 is 2.48 bits per heavy atom. The van der Waals surface area contributed by atoms with E-state index in [-0.39, 0.29) is 12.0 Å². The van der Waals surface area contributed by atoms with Crippen molar-refractivity contribution in [2.45, 2.75) is 58.0 Å². The van der Waals surface area contributed by atoms with Gasteiger partial charge in [0, 0.05) is 18.6 Å². The summed E-state index contributed by atoms with van der Waals surface area (Å²) in [7, 11) is 0. The summed E-state index contributed by atoms with van der Waals surface area (Å²) in [5.41, 5.74) is 0. The number of carboxylic acid groups (broad SMARTS) is 1. The van der Waals surface area contributed by atoms with Crippen LogP contribution in [0.2, 0.25) is 0 Å². The molecule has 0 radical (unpaired) electrons. The van der Waals surface area contributed by atoms with E-state index >= 15 is 0 Å². The Kier molecular flexibility index (Phi) is 4.55. The van der Waals surface area contributed by atoms with Gasteiger partial charge in [0.1, 0.15) is 0 Å². The first-order chi connectivity index (χ1) is 10.0. The van der Waals surface area contributed by atoms with E-state index in [2.05, 4.69) is 24.1 Å². The third-order valence-electron chi connectivity index (χ3n) is 5.84. The predicted octanol–water partition coefficient (Wildman–Crippen LogP) is 2.20. The van der Waals surface area contributed by atoms with E-state index in [1.54, 1.807) is 0 Å². The molecule has 2 saturated carbocycles. The van der Waals surface area contributed by atoms with Gasteiger partial charge in [-0.15, -0.1) is 0 Å². The maximum Gasteiger partial charge on any atom is 0.308 e. The molecule has 21 heavy (non-hydrogen) atoms. The molecule has 0 aromatic rings. The lowest BCUT2D eigenvalue weighted by Crippen LogP contribution is -2.52. The second-order valence-corrected chi connectivity index (χ2v) is 7.86. The summed E-state index contributed by atoms with van der Waals surface area (Å²) in [6.45, 7) is 8.06. The Balaban J connectivity index is 1.52. The number of nitrogens with one attached hydrogen (secondary N) is 1. The summed E-state index contributed by atoms with van der Waals surface area (Å²) in [4.78, 5) is 14.1. The normalized spacial score (nSPS) is 37.5. The Morgan fingerprint density at radius 1 is 1.19 bits per heavy atom. The zero-order chi connectivity index (χ0) is 15.0. The molecule has 4 heteroatoms. The maximum atomic E-state index is 11.6. The molecule has 3 rings (SSSR count). The molecule has 3 aliphatic rings. The molecule has 3 fully saturated rings. The number of piperidine rings is 1. The molecule has 2 bridgehead atoms. The summed E-state index contributed by atoms with van der Waals surface area (Å²) < 4.78 is 0. The second kappa shape index (κ2) is 6.25. The lowest BCUT2D eigenvalue weighted by molar-refractivity contribution is -0.144. The number of carboxylic acids is 1. The van der Waals surface area contributed by atoms with Crippen molar-refractivity contribution in [3.63, 3.8) is 0 Å². The standard InChI is InChI=1S/C17H30N2O2/c1-11(2)10-19-7-5-14(6-8-19)18-16-13-4-3-12(9-13)15(16)17(20)21/h11-16,18H,3-10H2,1-2H3,(H,20,21). The lowest BCUT2D eigenvalue weighted by Gasteiger charge is -2.38. The molecule has 0 spiro atoms. The predicted molar refractivity (Wildman–Crippen MR) is 83.2 cm³/mol. The zero-order valence-corrected chi connectivity index (χ0v) is 13.4. The van der Waals surface area contributed by atoms with Crippen LogP contribution in [-0.2, 0) is 4.79 Å². The highest BCUT2D eigenvalue weighted by atomic mass is 16.4. The van der Waals surface area contributed by atoms with E-state index in [0.717, 1.165) is 31.8 Å². The van der Waals surface area contributed by atoms with Crippen molar-refractivity contribution < 1.29 is 9.90 Å². The van der Waals surface area contributed by atoms with Crippen LogP contribution in [0.3, 0.4) is 0 Å². The van der Waals surface area contributed by atoms with E-state index in [1.165, 1.54) is 25.8 Å². The molecule has 4 nitrogen and oxygen atoms in total. The van der Waals surface area contributed by atoms with Crippen LogP contribution >= 0.6 is 0 Å². The monoisotopic (exact) mass is 294 g/mol. The van der Waals surface area contributed by atoms with Crippen LogP contribution in [0.4, 0.5) is 0 Å². The van der Waals surface area contributed by atoms with Gasteiger partial charge in [-0.05, 0) is 62.9 Å². The number of likely N-dealkylation sites (tertiary alicyclic amines) is 1. The molecule has 0 aromatic carbocycles. The van der Waals surface area contributed by atoms with E-state index in [0.29, 0.717) is 17.9 Å². The highest BCUT2D eigenvalue weighted by Gasteiger charge is 2.51. The number of fused-ring (bicyclic) bond motifs is 2. The SMILES string of the molecule is CC(C)CN1CCC(NC2C3CCC(C3)C2C(=O)O)CC1. The Labute approximate surface area is 128 Å². The summed E-state index contributed by atoms with van der Waals surface area (Å²) in [5, 5.41) is 13.3. The van der Waals surface area contributed by atoms with Crippen LogP contribution in [-0.4, -0.2) is 47.7 Å². The van der Waals surface area contributed by atoms with Gasteiger partial charge in [0.05, 0.1) is 5.92 Å². The molecule has 4 atom stereocenters. The minimum absolute atomic E-state index is 0.127. The van der Waals surface area contributed by atoms with Crippen LogP contribution in [0.25, 0.3) is 0 Å². The van der Waals surface area contributed by atoms with Gasteiger partial charge in [-0.2, -0.15) is 0 Å². The lowest BCUT2D eigenvalue weighted by atomic mass is 9.83. The van der Waals surface area contributed by atoms with Gasteiger partial charge in [-0.3, -0.25) is 4.79 Å². The minimum atomic E-state index is -0.572. The van der Waals surface area contributed by atoms with Gasteiger partial charge < -0.3 is 15.3 Å². The summed E-state index contributed by atoms with van der Waals surface area (Å²) in [6, 6.07) is 0.766. The number of hydrogen-bond acceptors (Lipinski definition) is 3. The maximum absolute atomic E-state index is 11.6. The third kappa shape index (κ3) is 3.26. The first-order valence-corrected chi connectivity index (χ1v) is 8.75. The van der Waals surface area contributed by atoms with Crippen LogP contribution in [0.1, 0.15) is 46.0 Å². The largest absolute Gasteiger partial charge is 0.481 e. The Morgan fingerprint density at radius 2 is 1.86 bits per heavy atom. The molecule has 1 heterocycles. The van der Waals surface area contributed by atoms with Crippen LogP contribution in [0, 0.1) is 23.7 Å². The first kappa shape index (κ1) is 15.3. The fraction of sp³-hybridized carbons (Fsp3) is 0.941. The highest BCUT2D eigenvalue weighted by Crippen LogP contribution is 2.48. The van der Waals surface area contributed by atoms with Crippen LogP contribution in [0.5, 0.6) is 0 Å². The van der Waals surface area contributed by atoms with Crippen molar-refractivity contribution in [2.75, 3.05) is 19.6 Å². The van der Waals surface area contributed by atoms with Crippen molar-refractivity contribution in [2.24, 2.45) is 23.7 Å². The average molecular weight is 294 g/mol. The number of hydrogen-bond donors (Lipinski definition) is 2. The van der Waals surface area contributed by atoms with Gasteiger partial charge in [0.15, 0.2) is 0 Å². The third-order valence-corrected chi connectivity index (χ3v) is 5.84. The number of carbonyl (C=O) groups is 1.